The van der Waals surface area contributed by atoms with Gasteiger partial charge < -0.3 is 14.7 Å². The molecular formula is C14H17F3N2O5S. The number of benzene rings is 1. The van der Waals surface area contributed by atoms with Gasteiger partial charge in [0, 0.05) is 6.54 Å². The highest BCUT2D eigenvalue weighted by Crippen LogP contribution is 2.35. The van der Waals surface area contributed by atoms with Gasteiger partial charge in [-0.3, -0.25) is 0 Å². The van der Waals surface area contributed by atoms with E-state index in [-0.39, 0.29) is 12.2 Å². The molecule has 2 rings (SSSR count). The molecule has 11 heteroatoms. The number of carbonyl (C=O) groups is 1. The average molecular weight is 382 g/mol. The molecule has 1 aromatic rings. The second-order valence-electron chi connectivity index (χ2n) is 6.32. The van der Waals surface area contributed by atoms with Gasteiger partial charge >= 0.3 is 12.1 Å². The monoisotopic (exact) mass is 382 g/mol. The van der Waals surface area contributed by atoms with Crippen LogP contribution in [0.15, 0.2) is 23.1 Å². The summed E-state index contributed by atoms with van der Waals surface area (Å²) < 4.78 is 67.1. The van der Waals surface area contributed by atoms with Crippen molar-refractivity contribution in [3.8, 4) is 0 Å². The van der Waals surface area contributed by atoms with Gasteiger partial charge in [-0.15, -0.1) is 0 Å². The van der Waals surface area contributed by atoms with Crippen LogP contribution in [0.5, 0.6) is 0 Å². The second kappa shape index (κ2) is 6.15. The van der Waals surface area contributed by atoms with Crippen LogP contribution in [0.2, 0.25) is 0 Å². The Balaban J connectivity index is 2.51. The lowest BCUT2D eigenvalue weighted by atomic mass is 10.0. The second-order valence-corrected chi connectivity index (χ2v) is 7.88. The Morgan fingerprint density at radius 1 is 1.40 bits per heavy atom. The number of carboxylic acid groups (broad SMARTS) is 1. The maximum absolute atomic E-state index is 13.1. The van der Waals surface area contributed by atoms with Crippen LogP contribution in [-0.4, -0.2) is 50.5 Å². The van der Waals surface area contributed by atoms with Crippen molar-refractivity contribution in [3.05, 3.63) is 23.8 Å². The minimum absolute atomic E-state index is 0.00538. The molecule has 1 aliphatic heterocycles. The summed E-state index contributed by atoms with van der Waals surface area (Å²) in [6, 6.07) is 3.03. The Morgan fingerprint density at radius 2 is 2.00 bits per heavy atom. The Labute approximate surface area is 142 Å². The molecule has 0 spiro atoms. The quantitative estimate of drug-likeness (QED) is 0.821. The third-order valence-electron chi connectivity index (χ3n) is 3.65. The molecule has 1 aromatic carbocycles. The smallest absolute Gasteiger partial charge is 0.416 e. The van der Waals surface area contributed by atoms with E-state index in [1.54, 1.807) is 0 Å². The van der Waals surface area contributed by atoms with Crippen LogP contribution in [0.25, 0.3) is 0 Å². The fourth-order valence-corrected chi connectivity index (χ4v) is 3.22. The van der Waals surface area contributed by atoms with E-state index in [1.165, 1.54) is 18.7 Å². The van der Waals surface area contributed by atoms with Crippen molar-refractivity contribution in [2.75, 3.05) is 18.0 Å². The van der Waals surface area contributed by atoms with Crippen molar-refractivity contribution in [3.63, 3.8) is 0 Å². The van der Waals surface area contributed by atoms with Crippen molar-refractivity contribution >= 4 is 21.7 Å². The Bertz CT molecular complexity index is 792. The van der Waals surface area contributed by atoms with Gasteiger partial charge in [-0.25, -0.2) is 18.4 Å². The number of primary sulfonamides is 1. The molecule has 0 amide bonds. The lowest BCUT2D eigenvalue weighted by Crippen LogP contribution is -2.57. The molecule has 1 heterocycles. The van der Waals surface area contributed by atoms with E-state index in [2.05, 4.69) is 0 Å². The fraction of sp³-hybridized carbons (Fsp3) is 0.500. The number of nitrogens with two attached hydrogens (primary N) is 1. The SMILES string of the molecule is CC1(C)CN(c2ccc(S(N)(=O)=O)cc2C(=O)O)CC(C(F)(F)F)O1. The number of morpholine rings is 1. The number of halogens is 3. The summed E-state index contributed by atoms with van der Waals surface area (Å²) in [5, 5.41) is 14.3. The third-order valence-corrected chi connectivity index (χ3v) is 4.56. The summed E-state index contributed by atoms with van der Waals surface area (Å²) in [6.45, 7) is 2.30. The minimum atomic E-state index is -4.63. The molecule has 140 valence electrons. The number of rotatable bonds is 3. The average Bonchev–Trinajstić information content (AvgIpc) is 2.43. The van der Waals surface area contributed by atoms with E-state index < -0.39 is 50.9 Å². The van der Waals surface area contributed by atoms with E-state index >= 15 is 0 Å². The predicted octanol–water partition coefficient (Wildman–Crippen LogP) is 1.58. The highest BCUT2D eigenvalue weighted by molar-refractivity contribution is 7.89. The molecule has 25 heavy (non-hydrogen) atoms. The summed E-state index contributed by atoms with van der Waals surface area (Å²) in [5.41, 5.74) is -1.68. The van der Waals surface area contributed by atoms with Gasteiger partial charge in [-0.1, -0.05) is 0 Å². The van der Waals surface area contributed by atoms with E-state index in [0.717, 1.165) is 18.2 Å². The third kappa shape index (κ3) is 4.41. The summed E-state index contributed by atoms with van der Waals surface area (Å²) >= 11 is 0. The van der Waals surface area contributed by atoms with Crippen molar-refractivity contribution in [1.29, 1.82) is 0 Å². The van der Waals surface area contributed by atoms with E-state index in [1.807, 2.05) is 0 Å². The van der Waals surface area contributed by atoms with Crippen LogP contribution in [0, 0.1) is 0 Å². The maximum atomic E-state index is 13.1. The highest BCUT2D eigenvalue weighted by Gasteiger charge is 2.48. The Morgan fingerprint density at radius 3 is 2.48 bits per heavy atom. The first-order chi connectivity index (χ1) is 11.2. The largest absolute Gasteiger partial charge is 0.478 e. The standard InChI is InChI=1S/C14H17F3N2O5S/c1-13(2)7-19(6-11(24-13)14(15,16)17)10-4-3-8(25(18,22)23)5-9(10)12(20)21/h3-5,11H,6-7H2,1-2H3,(H,20,21)(H2,18,22,23). The molecule has 1 aliphatic rings. The van der Waals surface area contributed by atoms with Crippen molar-refractivity contribution in [1.82, 2.24) is 0 Å². The molecular weight excluding hydrogens is 365 g/mol. The van der Waals surface area contributed by atoms with E-state index in [0.29, 0.717) is 0 Å². The molecule has 3 N–H and O–H groups in total. The summed E-state index contributed by atoms with van der Waals surface area (Å²) in [6.07, 6.45) is -6.73. The molecule has 0 aromatic heterocycles. The van der Waals surface area contributed by atoms with Crippen LogP contribution in [0.1, 0.15) is 24.2 Å². The number of sulfonamides is 1. The number of hydrogen-bond donors (Lipinski definition) is 2. The van der Waals surface area contributed by atoms with E-state index in [9.17, 15) is 31.5 Å². The van der Waals surface area contributed by atoms with Crippen LogP contribution in [0.3, 0.4) is 0 Å². The number of alkyl halides is 3. The Hall–Kier alpha value is -1.85. The van der Waals surface area contributed by atoms with Crippen molar-refractivity contribution < 1.29 is 36.2 Å². The first-order valence-corrected chi connectivity index (χ1v) is 8.65. The summed E-state index contributed by atoms with van der Waals surface area (Å²) in [5.74, 6) is -1.48. The zero-order valence-electron chi connectivity index (χ0n) is 13.4. The fourth-order valence-electron chi connectivity index (χ4n) is 2.68. The number of aromatic carboxylic acids is 1. The predicted molar refractivity (Wildman–Crippen MR) is 82.0 cm³/mol. The zero-order chi connectivity index (χ0) is 19.2. The molecule has 0 aliphatic carbocycles. The minimum Gasteiger partial charge on any atom is -0.478 e. The van der Waals surface area contributed by atoms with Crippen LogP contribution in [-0.2, 0) is 14.8 Å². The first kappa shape index (κ1) is 19.5. The van der Waals surface area contributed by atoms with Crippen molar-refractivity contribution in [2.45, 2.75) is 36.6 Å². The van der Waals surface area contributed by atoms with Gasteiger partial charge in [0.05, 0.1) is 28.3 Å². The number of anilines is 1. The lowest BCUT2D eigenvalue weighted by Gasteiger charge is -2.44. The van der Waals surface area contributed by atoms with Crippen LogP contribution < -0.4 is 10.0 Å². The normalized spacial score (nSPS) is 21.2. The van der Waals surface area contributed by atoms with Gasteiger partial charge in [0.2, 0.25) is 10.0 Å². The van der Waals surface area contributed by atoms with Gasteiger partial charge in [-0.2, -0.15) is 13.2 Å². The molecule has 0 radical (unpaired) electrons. The van der Waals surface area contributed by atoms with E-state index in [4.69, 9.17) is 9.88 Å². The van der Waals surface area contributed by atoms with Crippen molar-refractivity contribution in [2.24, 2.45) is 5.14 Å². The Kier molecular flexibility index (Phi) is 4.79. The molecule has 1 fully saturated rings. The van der Waals surface area contributed by atoms with Gasteiger partial charge in [0.15, 0.2) is 6.10 Å². The highest BCUT2D eigenvalue weighted by atomic mass is 32.2. The molecule has 1 unspecified atom stereocenters. The topological polar surface area (TPSA) is 110 Å². The zero-order valence-corrected chi connectivity index (χ0v) is 14.2. The molecule has 1 saturated heterocycles. The number of nitrogens with zero attached hydrogens (tertiary/aromatic N) is 1. The molecule has 1 atom stereocenters. The van der Waals surface area contributed by atoms with Gasteiger partial charge in [-0.05, 0) is 32.0 Å². The first-order valence-electron chi connectivity index (χ1n) is 7.10. The lowest BCUT2D eigenvalue weighted by molar-refractivity contribution is -0.251. The number of carboxylic acids is 1. The summed E-state index contributed by atoms with van der Waals surface area (Å²) in [7, 11) is -4.15. The summed E-state index contributed by atoms with van der Waals surface area (Å²) in [4.78, 5) is 12.3. The molecule has 0 saturated carbocycles. The molecule has 0 bridgehead atoms. The molecule has 7 nitrogen and oxygen atoms in total. The number of ether oxygens (including phenoxy) is 1. The number of hydrogen-bond acceptors (Lipinski definition) is 5. The van der Waals surface area contributed by atoms with Gasteiger partial charge in [0.25, 0.3) is 0 Å². The van der Waals surface area contributed by atoms with Crippen LogP contribution >= 0.6 is 0 Å². The maximum Gasteiger partial charge on any atom is 0.416 e. The van der Waals surface area contributed by atoms with Crippen LogP contribution in [0.4, 0.5) is 18.9 Å². The van der Waals surface area contributed by atoms with Gasteiger partial charge in [0.1, 0.15) is 0 Å².